The number of carbonyl (C=O) groups is 3. The van der Waals surface area contributed by atoms with Gasteiger partial charge < -0.3 is 10.1 Å². The zero-order valence-corrected chi connectivity index (χ0v) is 18.1. The maximum Gasteiger partial charge on any atom is 0.340 e. The van der Waals surface area contributed by atoms with E-state index in [1.165, 1.54) is 11.8 Å². The van der Waals surface area contributed by atoms with E-state index < -0.39 is 11.2 Å². The topological polar surface area (TPSA) is 75.7 Å². The molecule has 3 rings (SSSR count). The number of para-hydroxylation sites is 1. The SMILES string of the molecule is CCOC(=O)c1ccccc1NC(=O)C[C@H]1SC(=S)N(CCc2ccccc2)C1=O. The van der Waals surface area contributed by atoms with E-state index in [2.05, 4.69) is 5.32 Å². The molecule has 2 amide bonds. The molecule has 1 saturated heterocycles. The molecule has 2 aromatic carbocycles. The van der Waals surface area contributed by atoms with Crippen molar-refractivity contribution >= 4 is 51.8 Å². The maximum absolute atomic E-state index is 12.7. The Balaban J connectivity index is 1.59. The summed E-state index contributed by atoms with van der Waals surface area (Å²) in [5.41, 5.74) is 1.76. The molecule has 0 saturated carbocycles. The number of hydrogen-bond donors (Lipinski definition) is 1. The fraction of sp³-hybridized carbons (Fsp3) is 0.273. The summed E-state index contributed by atoms with van der Waals surface area (Å²) >= 11 is 6.58. The number of nitrogens with zero attached hydrogens (tertiary/aromatic N) is 1. The fourth-order valence-corrected chi connectivity index (χ4v) is 4.61. The van der Waals surface area contributed by atoms with Gasteiger partial charge in [0.25, 0.3) is 0 Å². The first kappa shape index (κ1) is 22.0. The molecular weight excluding hydrogens is 420 g/mol. The molecule has 0 spiro atoms. The van der Waals surface area contributed by atoms with Crippen molar-refractivity contribution in [3.05, 3.63) is 65.7 Å². The van der Waals surface area contributed by atoms with Gasteiger partial charge in [0.05, 0.1) is 23.1 Å². The van der Waals surface area contributed by atoms with E-state index >= 15 is 0 Å². The monoisotopic (exact) mass is 442 g/mol. The molecule has 30 heavy (non-hydrogen) atoms. The van der Waals surface area contributed by atoms with Crippen LogP contribution in [-0.4, -0.2) is 45.4 Å². The lowest BCUT2D eigenvalue weighted by molar-refractivity contribution is -0.128. The highest BCUT2D eigenvalue weighted by atomic mass is 32.2. The standard InChI is InChI=1S/C22H22N2O4S2/c1-2-28-21(27)16-10-6-7-11-17(16)23-19(25)14-18-20(26)24(22(29)30-18)13-12-15-8-4-3-5-9-15/h3-11,18H,2,12-14H2,1H3,(H,23,25)/t18-/m1/s1. The highest BCUT2D eigenvalue weighted by Crippen LogP contribution is 2.30. The Morgan fingerprint density at radius 2 is 1.83 bits per heavy atom. The molecule has 0 aliphatic carbocycles. The van der Waals surface area contributed by atoms with Gasteiger partial charge in [-0.3, -0.25) is 14.5 Å². The fourth-order valence-electron chi connectivity index (χ4n) is 3.06. The Kier molecular flexibility index (Phi) is 7.59. The molecule has 0 unspecified atom stereocenters. The van der Waals surface area contributed by atoms with Crippen LogP contribution in [0.25, 0.3) is 0 Å². The summed E-state index contributed by atoms with van der Waals surface area (Å²) in [6.07, 6.45) is 0.668. The van der Waals surface area contributed by atoms with Crippen LogP contribution < -0.4 is 5.32 Å². The molecule has 1 fully saturated rings. The molecule has 0 radical (unpaired) electrons. The van der Waals surface area contributed by atoms with Crippen LogP contribution in [-0.2, 0) is 20.7 Å². The average molecular weight is 443 g/mol. The van der Waals surface area contributed by atoms with Crippen LogP contribution in [0.1, 0.15) is 29.3 Å². The normalized spacial score (nSPS) is 15.9. The van der Waals surface area contributed by atoms with E-state index in [-0.39, 0.29) is 30.4 Å². The van der Waals surface area contributed by atoms with Crippen LogP contribution in [0.5, 0.6) is 0 Å². The Morgan fingerprint density at radius 3 is 2.57 bits per heavy atom. The Morgan fingerprint density at radius 1 is 1.13 bits per heavy atom. The van der Waals surface area contributed by atoms with Gasteiger partial charge in [-0.2, -0.15) is 0 Å². The molecule has 2 aromatic rings. The number of carbonyl (C=O) groups excluding carboxylic acids is 3. The van der Waals surface area contributed by atoms with E-state index in [1.54, 1.807) is 36.1 Å². The van der Waals surface area contributed by atoms with Crippen molar-refractivity contribution in [1.29, 1.82) is 0 Å². The van der Waals surface area contributed by atoms with E-state index in [4.69, 9.17) is 17.0 Å². The number of thioether (sulfide) groups is 1. The molecular formula is C22H22N2O4S2. The van der Waals surface area contributed by atoms with Gasteiger partial charge in [-0.1, -0.05) is 66.4 Å². The first-order valence-corrected chi connectivity index (χ1v) is 10.9. The largest absolute Gasteiger partial charge is 0.462 e. The van der Waals surface area contributed by atoms with Crippen LogP contribution in [0.4, 0.5) is 5.69 Å². The van der Waals surface area contributed by atoms with Crippen LogP contribution in [0.3, 0.4) is 0 Å². The number of amides is 2. The minimum atomic E-state index is -0.567. The second-order valence-electron chi connectivity index (χ2n) is 6.62. The highest BCUT2D eigenvalue weighted by Gasteiger charge is 2.37. The Hall–Kier alpha value is -2.71. The second kappa shape index (κ2) is 10.4. The van der Waals surface area contributed by atoms with Crippen molar-refractivity contribution in [2.75, 3.05) is 18.5 Å². The molecule has 1 heterocycles. The number of ether oxygens (including phenoxy) is 1. The molecule has 0 aromatic heterocycles. The van der Waals surface area contributed by atoms with Crippen LogP contribution >= 0.6 is 24.0 Å². The minimum absolute atomic E-state index is 0.0252. The number of nitrogens with one attached hydrogen (secondary N) is 1. The summed E-state index contributed by atoms with van der Waals surface area (Å²) in [5, 5.41) is 2.15. The lowest BCUT2D eigenvalue weighted by Gasteiger charge is -2.15. The first-order chi connectivity index (χ1) is 14.5. The predicted molar refractivity (Wildman–Crippen MR) is 121 cm³/mol. The summed E-state index contributed by atoms with van der Waals surface area (Å²) in [4.78, 5) is 38.9. The van der Waals surface area contributed by atoms with Gasteiger partial charge in [0.15, 0.2) is 0 Å². The maximum atomic E-state index is 12.7. The van der Waals surface area contributed by atoms with Crippen LogP contribution in [0, 0.1) is 0 Å². The van der Waals surface area contributed by atoms with Crippen LogP contribution in [0.15, 0.2) is 54.6 Å². The highest BCUT2D eigenvalue weighted by molar-refractivity contribution is 8.24. The number of hydrogen-bond acceptors (Lipinski definition) is 6. The first-order valence-electron chi connectivity index (χ1n) is 9.61. The number of rotatable bonds is 8. The van der Waals surface area contributed by atoms with Gasteiger partial charge in [-0.25, -0.2) is 4.79 Å². The molecule has 1 aliphatic rings. The third-order valence-corrected chi connectivity index (χ3v) is 6.12. The third-order valence-electron chi connectivity index (χ3n) is 4.54. The number of esters is 1. The lowest BCUT2D eigenvalue weighted by atomic mass is 10.1. The van der Waals surface area contributed by atoms with Crippen molar-refractivity contribution in [2.24, 2.45) is 0 Å². The van der Waals surface area contributed by atoms with E-state index in [9.17, 15) is 14.4 Å². The number of anilines is 1. The van der Waals surface area contributed by atoms with Gasteiger partial charge in [-0.15, -0.1) is 0 Å². The van der Waals surface area contributed by atoms with Crippen molar-refractivity contribution in [2.45, 2.75) is 25.0 Å². The zero-order chi connectivity index (χ0) is 21.5. The minimum Gasteiger partial charge on any atom is -0.462 e. The van der Waals surface area contributed by atoms with Crippen molar-refractivity contribution in [3.63, 3.8) is 0 Å². The van der Waals surface area contributed by atoms with Crippen molar-refractivity contribution in [3.8, 4) is 0 Å². The number of thiocarbonyl (C=S) groups is 1. The predicted octanol–water partition coefficient (Wildman–Crippen LogP) is 3.66. The molecule has 8 heteroatoms. The van der Waals surface area contributed by atoms with Gasteiger partial charge >= 0.3 is 5.97 Å². The van der Waals surface area contributed by atoms with Crippen molar-refractivity contribution in [1.82, 2.24) is 4.90 Å². The Labute approximate surface area is 185 Å². The van der Waals surface area contributed by atoms with Gasteiger partial charge in [-0.05, 0) is 31.0 Å². The van der Waals surface area contributed by atoms with Crippen molar-refractivity contribution < 1.29 is 19.1 Å². The summed E-state index contributed by atoms with van der Waals surface area (Å²) in [6.45, 7) is 2.44. The van der Waals surface area contributed by atoms with Gasteiger partial charge in [0, 0.05) is 13.0 Å². The summed E-state index contributed by atoms with van der Waals surface area (Å²) in [5.74, 6) is -1.02. The smallest absolute Gasteiger partial charge is 0.340 e. The zero-order valence-electron chi connectivity index (χ0n) is 16.5. The summed E-state index contributed by atoms with van der Waals surface area (Å²) < 4.78 is 5.51. The summed E-state index contributed by atoms with van der Waals surface area (Å²) in [6, 6.07) is 16.5. The van der Waals surface area contributed by atoms with E-state index in [1.807, 2.05) is 30.3 Å². The van der Waals surface area contributed by atoms with E-state index in [0.29, 0.717) is 23.0 Å². The molecule has 0 bridgehead atoms. The second-order valence-corrected chi connectivity index (χ2v) is 8.45. The van der Waals surface area contributed by atoms with Gasteiger partial charge in [0.2, 0.25) is 11.8 Å². The lowest BCUT2D eigenvalue weighted by Crippen LogP contribution is -2.34. The Bertz CT molecular complexity index is 949. The molecule has 1 aliphatic heterocycles. The van der Waals surface area contributed by atoms with Gasteiger partial charge in [0.1, 0.15) is 4.32 Å². The molecule has 1 atom stereocenters. The number of benzene rings is 2. The quantitative estimate of drug-likeness (QED) is 0.497. The molecule has 156 valence electrons. The van der Waals surface area contributed by atoms with Crippen LogP contribution in [0.2, 0.25) is 0 Å². The summed E-state index contributed by atoms with van der Waals surface area (Å²) in [7, 11) is 0. The van der Waals surface area contributed by atoms with E-state index in [0.717, 1.165) is 5.56 Å². The molecule has 1 N–H and O–H groups in total. The molecule has 6 nitrogen and oxygen atoms in total. The average Bonchev–Trinajstić information content (AvgIpc) is 3.00. The third kappa shape index (κ3) is 5.46.